The quantitative estimate of drug-likeness (QED) is 0.172. The Hall–Kier alpha value is -3.59. The first-order chi connectivity index (χ1) is 20.7. The number of pyridine rings is 2. The SMILES string of the molecule is Cc1c[c-]c(-c2ccc(C)cn2)cc1.[2H]c1nc(-c2[c-]c3oc4ccccc4c3cc2)c([2H])c([2H])c1C1([2H])CCCCC1.[Ir]. The molecule has 0 aliphatic heterocycles. The number of aryl methyl sites for hydroxylation is 2. The van der Waals surface area contributed by atoms with Gasteiger partial charge in [-0.2, -0.15) is 0 Å². The Labute approximate surface area is 255 Å². The molecule has 6 aromatic rings. The summed E-state index contributed by atoms with van der Waals surface area (Å²) in [6.45, 7) is 4.10. The number of hydrogen-bond acceptors (Lipinski definition) is 3. The van der Waals surface area contributed by atoms with Crippen LogP contribution < -0.4 is 0 Å². The van der Waals surface area contributed by atoms with Gasteiger partial charge in [-0.05, 0) is 59.6 Å². The Morgan fingerprint density at radius 1 is 0.825 bits per heavy atom. The summed E-state index contributed by atoms with van der Waals surface area (Å²) in [6, 6.07) is 27.9. The fourth-order valence-corrected chi connectivity index (χ4v) is 4.89. The third kappa shape index (κ3) is 6.25. The molecule has 0 amide bonds. The predicted octanol–water partition coefficient (Wildman–Crippen LogP) is 9.66. The van der Waals surface area contributed by atoms with Gasteiger partial charge in [0.05, 0.1) is 9.70 Å². The van der Waals surface area contributed by atoms with Gasteiger partial charge >= 0.3 is 0 Å². The van der Waals surface area contributed by atoms with Crippen LogP contribution in [0.2, 0.25) is 0 Å². The van der Waals surface area contributed by atoms with Crippen molar-refractivity contribution in [3.8, 4) is 22.5 Å². The van der Waals surface area contributed by atoms with E-state index in [9.17, 15) is 0 Å². The van der Waals surface area contributed by atoms with E-state index in [1.165, 1.54) is 11.1 Å². The van der Waals surface area contributed by atoms with Crippen LogP contribution in [0, 0.1) is 26.0 Å². The summed E-state index contributed by atoms with van der Waals surface area (Å²) in [5.41, 5.74) is 6.82. The Balaban J connectivity index is 0.000000216. The standard InChI is InChI=1S/C23H20NO.C13H12N.Ir/c1-2-6-16(7-3-1)18-11-13-21(24-15-18)17-10-12-20-19-8-4-5-9-22(19)25-23(20)14-17;1-10-3-6-12(7-4-10)13-8-5-11(2)9-14-13;/h4-5,8-13,15-16H,1-3,6-7H2;3-6,8-9H,1-2H3;/q2*-1;/i11D,13D,15D,16D;;. The molecule has 1 fully saturated rings. The topological polar surface area (TPSA) is 38.9 Å². The molecule has 0 atom stereocenters. The second kappa shape index (κ2) is 12.7. The Morgan fingerprint density at radius 3 is 2.40 bits per heavy atom. The van der Waals surface area contributed by atoms with Gasteiger partial charge < -0.3 is 14.4 Å². The molecule has 1 aliphatic rings. The van der Waals surface area contributed by atoms with Gasteiger partial charge in [0, 0.05) is 33.8 Å². The number of para-hydroxylation sites is 1. The number of benzene rings is 3. The van der Waals surface area contributed by atoms with Gasteiger partial charge in [0.15, 0.2) is 0 Å². The first kappa shape index (κ1) is 23.1. The van der Waals surface area contributed by atoms with Crippen molar-refractivity contribution in [1.82, 2.24) is 9.97 Å². The Kier molecular flexibility index (Phi) is 7.36. The molecular formula is C36H32IrN2O-2. The molecule has 3 aromatic heterocycles. The van der Waals surface area contributed by atoms with E-state index in [0.717, 1.165) is 46.9 Å². The molecule has 1 aliphatic carbocycles. The van der Waals surface area contributed by atoms with E-state index >= 15 is 0 Å². The number of furan rings is 1. The van der Waals surface area contributed by atoms with Gasteiger partial charge in [-0.3, -0.25) is 0 Å². The normalized spacial score (nSPS) is 15.7. The predicted molar refractivity (Wildman–Crippen MR) is 160 cm³/mol. The molecule has 0 bridgehead atoms. The molecule has 3 nitrogen and oxygen atoms in total. The van der Waals surface area contributed by atoms with Gasteiger partial charge in [0.25, 0.3) is 0 Å². The minimum atomic E-state index is -0.986. The maximum Gasteiger partial charge on any atom is 0.123 e. The molecule has 7 rings (SSSR count). The Morgan fingerprint density at radius 2 is 1.62 bits per heavy atom. The molecule has 4 heteroatoms. The molecule has 0 saturated heterocycles. The zero-order valence-corrected chi connectivity index (χ0v) is 25.0. The van der Waals surface area contributed by atoms with Crippen molar-refractivity contribution < 1.29 is 30.0 Å². The zero-order chi connectivity index (χ0) is 30.1. The first-order valence-electron chi connectivity index (χ1n) is 15.5. The minimum Gasteiger partial charge on any atom is -0.477 e. The summed E-state index contributed by atoms with van der Waals surface area (Å²) in [6.07, 6.45) is 5.93. The number of aromatic nitrogens is 2. The van der Waals surface area contributed by atoms with Gasteiger partial charge in [-0.15, -0.1) is 53.1 Å². The molecule has 3 aromatic carbocycles. The molecule has 1 radical (unpaired) electrons. The van der Waals surface area contributed by atoms with Crippen LogP contribution in [0.4, 0.5) is 0 Å². The molecule has 40 heavy (non-hydrogen) atoms. The molecule has 0 unspecified atom stereocenters. The van der Waals surface area contributed by atoms with Crippen LogP contribution in [-0.4, -0.2) is 9.97 Å². The van der Waals surface area contributed by atoms with Crippen molar-refractivity contribution in [2.75, 3.05) is 0 Å². The monoisotopic (exact) mass is 705 g/mol. The van der Waals surface area contributed by atoms with Gasteiger partial charge in [-0.1, -0.05) is 80.1 Å². The molecule has 203 valence electrons. The fourth-order valence-electron chi connectivity index (χ4n) is 4.89. The first-order valence-corrected chi connectivity index (χ1v) is 13.5. The summed E-state index contributed by atoms with van der Waals surface area (Å²) in [5.74, 6) is -0.986. The van der Waals surface area contributed by atoms with Gasteiger partial charge in [0.2, 0.25) is 0 Å². The second-order valence-electron chi connectivity index (χ2n) is 10.1. The van der Waals surface area contributed by atoms with Gasteiger partial charge in [0.1, 0.15) is 5.58 Å². The average Bonchev–Trinajstić information content (AvgIpc) is 3.38. The van der Waals surface area contributed by atoms with E-state index in [2.05, 4.69) is 41.2 Å². The molecule has 0 N–H and O–H groups in total. The van der Waals surface area contributed by atoms with E-state index in [1.54, 1.807) is 6.07 Å². The smallest absolute Gasteiger partial charge is 0.123 e. The van der Waals surface area contributed by atoms with E-state index in [0.29, 0.717) is 24.0 Å². The largest absolute Gasteiger partial charge is 0.477 e. The zero-order valence-electron chi connectivity index (χ0n) is 26.6. The van der Waals surface area contributed by atoms with Crippen LogP contribution in [0.3, 0.4) is 0 Å². The van der Waals surface area contributed by atoms with Crippen molar-refractivity contribution in [2.45, 2.75) is 51.8 Å². The van der Waals surface area contributed by atoms with Crippen LogP contribution in [-0.2, 0) is 20.1 Å². The number of fused-ring (bicyclic) bond motifs is 3. The number of nitrogens with zero attached hydrogens (tertiary/aromatic N) is 2. The van der Waals surface area contributed by atoms with Gasteiger partial charge in [-0.25, -0.2) is 0 Å². The third-order valence-corrected chi connectivity index (χ3v) is 7.11. The maximum absolute atomic E-state index is 8.80. The Bertz CT molecular complexity index is 1870. The van der Waals surface area contributed by atoms with Crippen LogP contribution >= 0.6 is 0 Å². The van der Waals surface area contributed by atoms with Crippen LogP contribution in [0.15, 0.2) is 95.6 Å². The summed E-state index contributed by atoms with van der Waals surface area (Å²) >= 11 is 0. The van der Waals surface area contributed by atoms with E-state index in [4.69, 9.17) is 9.90 Å². The summed E-state index contributed by atoms with van der Waals surface area (Å²) < 4.78 is 40.2. The number of hydrogen-bond donors (Lipinski definition) is 0. The van der Waals surface area contributed by atoms with E-state index in [1.807, 2.05) is 61.7 Å². The van der Waals surface area contributed by atoms with Crippen molar-refractivity contribution in [3.05, 3.63) is 120 Å². The molecule has 0 spiro atoms. The summed E-state index contributed by atoms with van der Waals surface area (Å²) in [7, 11) is 0. The fraction of sp³-hybridized carbons (Fsp3) is 0.222. The number of rotatable bonds is 3. The molecule has 3 heterocycles. The molecular weight excluding hydrogens is 669 g/mol. The summed E-state index contributed by atoms with van der Waals surface area (Å²) in [5, 5.41) is 1.92. The van der Waals surface area contributed by atoms with Crippen LogP contribution in [0.25, 0.3) is 44.5 Å². The van der Waals surface area contributed by atoms with Crippen LogP contribution in [0.1, 0.15) is 60.2 Å². The van der Waals surface area contributed by atoms with E-state index < -0.39 is 5.89 Å². The molecule has 1 saturated carbocycles. The minimum absolute atomic E-state index is 0. The van der Waals surface area contributed by atoms with Crippen molar-refractivity contribution in [3.63, 3.8) is 0 Å². The van der Waals surface area contributed by atoms with Crippen LogP contribution in [0.5, 0.6) is 0 Å². The summed E-state index contributed by atoms with van der Waals surface area (Å²) in [4.78, 5) is 8.70. The van der Waals surface area contributed by atoms with Crippen molar-refractivity contribution in [2.24, 2.45) is 0 Å². The van der Waals surface area contributed by atoms with E-state index in [-0.39, 0.29) is 49.6 Å². The van der Waals surface area contributed by atoms with Crippen molar-refractivity contribution >= 4 is 21.9 Å². The maximum atomic E-state index is 8.80. The van der Waals surface area contributed by atoms with Crippen molar-refractivity contribution in [1.29, 1.82) is 0 Å². The third-order valence-electron chi connectivity index (χ3n) is 7.11. The average molecular weight is 705 g/mol. The second-order valence-corrected chi connectivity index (χ2v) is 10.1.